The van der Waals surface area contributed by atoms with Gasteiger partial charge in [0.1, 0.15) is 22.8 Å². The summed E-state index contributed by atoms with van der Waals surface area (Å²) in [6.45, 7) is 3.80. The Kier molecular flexibility index (Phi) is 2.64. The molecule has 0 radical (unpaired) electrons. The molecule has 1 N–H and O–H groups in total. The Morgan fingerprint density at radius 2 is 2.10 bits per heavy atom. The molecular formula is C15H14N2O3. The second-order valence-corrected chi connectivity index (χ2v) is 5.18. The molecule has 3 heterocycles. The van der Waals surface area contributed by atoms with Gasteiger partial charge in [0.25, 0.3) is 5.56 Å². The first-order valence-electron chi connectivity index (χ1n) is 6.26. The van der Waals surface area contributed by atoms with Crippen molar-refractivity contribution in [3.63, 3.8) is 0 Å². The van der Waals surface area contributed by atoms with Crippen LogP contribution in [0.15, 0.2) is 47.5 Å². The summed E-state index contributed by atoms with van der Waals surface area (Å²) in [6.07, 6.45) is 4.85. The van der Waals surface area contributed by atoms with Crippen LogP contribution in [-0.2, 0) is 0 Å². The zero-order valence-corrected chi connectivity index (χ0v) is 11.2. The maximum absolute atomic E-state index is 12.0. The molecule has 2 aromatic rings. The summed E-state index contributed by atoms with van der Waals surface area (Å²) in [5.41, 5.74) is 0.400. The summed E-state index contributed by atoms with van der Waals surface area (Å²) in [4.78, 5) is 16.3. The normalized spacial score (nSPS) is 16.0. The first-order valence-corrected chi connectivity index (χ1v) is 6.26. The Labute approximate surface area is 115 Å². The van der Waals surface area contributed by atoms with E-state index in [1.54, 1.807) is 12.3 Å². The van der Waals surface area contributed by atoms with Gasteiger partial charge in [-0.2, -0.15) is 0 Å². The van der Waals surface area contributed by atoms with E-state index in [4.69, 9.17) is 4.74 Å². The molecule has 5 heteroatoms. The van der Waals surface area contributed by atoms with Crippen molar-refractivity contribution in [2.24, 2.45) is 0 Å². The van der Waals surface area contributed by atoms with Gasteiger partial charge >= 0.3 is 0 Å². The van der Waals surface area contributed by atoms with Gasteiger partial charge in [0.15, 0.2) is 0 Å². The molecular weight excluding hydrogens is 256 g/mol. The summed E-state index contributed by atoms with van der Waals surface area (Å²) in [5, 5.41) is 9.61. The first kappa shape index (κ1) is 12.5. The van der Waals surface area contributed by atoms with E-state index in [1.807, 2.05) is 26.0 Å². The third kappa shape index (κ3) is 2.07. The molecule has 0 aromatic carbocycles. The first-order chi connectivity index (χ1) is 9.46. The van der Waals surface area contributed by atoms with E-state index < -0.39 is 5.60 Å². The van der Waals surface area contributed by atoms with Crippen molar-refractivity contribution < 1.29 is 9.84 Å². The van der Waals surface area contributed by atoms with Crippen molar-refractivity contribution in [1.29, 1.82) is 0 Å². The smallest absolute Gasteiger partial charge is 0.255 e. The fourth-order valence-corrected chi connectivity index (χ4v) is 2.22. The van der Waals surface area contributed by atoms with Crippen LogP contribution >= 0.6 is 0 Å². The van der Waals surface area contributed by atoms with Crippen molar-refractivity contribution >= 4 is 5.70 Å². The lowest BCUT2D eigenvalue weighted by Crippen LogP contribution is -2.32. The SMILES string of the molecule is CC1(C)C=C(n2cc(O)ccc2=O)c2ncccc2O1. The summed E-state index contributed by atoms with van der Waals surface area (Å²) < 4.78 is 7.20. The minimum atomic E-state index is -0.559. The van der Waals surface area contributed by atoms with E-state index >= 15 is 0 Å². The quantitative estimate of drug-likeness (QED) is 0.861. The second-order valence-electron chi connectivity index (χ2n) is 5.18. The molecule has 0 fully saturated rings. The van der Waals surface area contributed by atoms with Crippen LogP contribution in [0.4, 0.5) is 0 Å². The van der Waals surface area contributed by atoms with Crippen molar-refractivity contribution in [3.8, 4) is 11.5 Å². The van der Waals surface area contributed by atoms with E-state index in [1.165, 1.54) is 22.9 Å². The van der Waals surface area contributed by atoms with E-state index in [2.05, 4.69) is 4.98 Å². The van der Waals surface area contributed by atoms with Gasteiger partial charge in [-0.05, 0) is 38.1 Å². The lowest BCUT2D eigenvalue weighted by Gasteiger charge is -2.30. The van der Waals surface area contributed by atoms with Gasteiger partial charge in [-0.25, -0.2) is 0 Å². The zero-order valence-electron chi connectivity index (χ0n) is 11.2. The van der Waals surface area contributed by atoms with Gasteiger partial charge in [0.2, 0.25) is 0 Å². The number of aromatic hydroxyl groups is 1. The lowest BCUT2D eigenvalue weighted by molar-refractivity contribution is 0.156. The lowest BCUT2D eigenvalue weighted by atomic mass is 10.0. The van der Waals surface area contributed by atoms with Crippen LogP contribution in [0, 0.1) is 0 Å². The van der Waals surface area contributed by atoms with E-state index in [9.17, 15) is 9.90 Å². The highest BCUT2D eigenvalue weighted by Gasteiger charge is 2.28. The van der Waals surface area contributed by atoms with E-state index in [-0.39, 0.29) is 11.3 Å². The van der Waals surface area contributed by atoms with Gasteiger partial charge in [-0.1, -0.05) is 0 Å². The van der Waals surface area contributed by atoms with Gasteiger partial charge < -0.3 is 9.84 Å². The number of fused-ring (bicyclic) bond motifs is 1. The predicted octanol–water partition coefficient (Wildman–Crippen LogP) is 2.01. The standard InChI is InChI=1S/C15H14N2O3/c1-15(2)8-11(14-12(20-15)4-3-7-16-14)17-9-10(18)5-6-13(17)19/h3-9,18H,1-2H3. The Balaban J connectivity index is 2.28. The van der Waals surface area contributed by atoms with Gasteiger partial charge in [0.05, 0.1) is 11.9 Å². The molecule has 0 aliphatic carbocycles. The monoisotopic (exact) mass is 270 g/mol. The molecule has 0 amide bonds. The van der Waals surface area contributed by atoms with Crippen LogP contribution in [0.2, 0.25) is 0 Å². The molecule has 2 aromatic heterocycles. The van der Waals surface area contributed by atoms with Gasteiger partial charge in [-0.15, -0.1) is 0 Å². The molecule has 0 unspecified atom stereocenters. The fraction of sp³-hybridized carbons (Fsp3) is 0.200. The van der Waals surface area contributed by atoms with E-state index in [0.717, 1.165) is 0 Å². The number of hydrogen-bond acceptors (Lipinski definition) is 4. The maximum Gasteiger partial charge on any atom is 0.255 e. The van der Waals surface area contributed by atoms with Crippen LogP contribution in [0.25, 0.3) is 5.70 Å². The molecule has 5 nitrogen and oxygen atoms in total. The molecule has 0 saturated heterocycles. The van der Waals surface area contributed by atoms with Crippen molar-refractivity contribution in [2.75, 3.05) is 0 Å². The maximum atomic E-state index is 12.0. The topological polar surface area (TPSA) is 64.4 Å². The van der Waals surface area contributed by atoms with Crippen LogP contribution < -0.4 is 10.3 Å². The van der Waals surface area contributed by atoms with Crippen molar-refractivity contribution in [1.82, 2.24) is 9.55 Å². The number of rotatable bonds is 1. The number of hydrogen-bond donors (Lipinski definition) is 1. The highest BCUT2D eigenvalue weighted by molar-refractivity contribution is 5.70. The highest BCUT2D eigenvalue weighted by Crippen LogP contribution is 2.34. The van der Waals surface area contributed by atoms with Gasteiger partial charge in [0, 0.05) is 12.3 Å². The zero-order chi connectivity index (χ0) is 14.3. The average Bonchev–Trinajstić information content (AvgIpc) is 2.39. The minimum absolute atomic E-state index is 0.0206. The molecule has 0 atom stereocenters. The number of pyridine rings is 2. The minimum Gasteiger partial charge on any atom is -0.506 e. The predicted molar refractivity (Wildman–Crippen MR) is 74.7 cm³/mol. The average molecular weight is 270 g/mol. The number of nitrogens with zero attached hydrogens (tertiary/aromatic N) is 2. The molecule has 20 heavy (non-hydrogen) atoms. The van der Waals surface area contributed by atoms with Crippen LogP contribution in [0.3, 0.4) is 0 Å². The van der Waals surface area contributed by atoms with Crippen molar-refractivity contribution in [2.45, 2.75) is 19.4 Å². The Bertz CT molecular complexity index is 760. The molecule has 1 aliphatic heterocycles. The molecule has 102 valence electrons. The Morgan fingerprint density at radius 1 is 1.30 bits per heavy atom. The van der Waals surface area contributed by atoms with Gasteiger partial charge in [-0.3, -0.25) is 14.3 Å². The number of ether oxygens (including phenoxy) is 1. The highest BCUT2D eigenvalue weighted by atomic mass is 16.5. The fourth-order valence-electron chi connectivity index (χ4n) is 2.22. The third-order valence-electron chi connectivity index (χ3n) is 3.03. The van der Waals surface area contributed by atoms with Crippen molar-refractivity contribution in [3.05, 3.63) is 58.8 Å². The molecule has 0 saturated carbocycles. The van der Waals surface area contributed by atoms with Crippen LogP contribution in [-0.4, -0.2) is 20.3 Å². The van der Waals surface area contributed by atoms with Crippen LogP contribution in [0.1, 0.15) is 19.5 Å². The number of aromatic nitrogens is 2. The largest absolute Gasteiger partial charge is 0.506 e. The van der Waals surface area contributed by atoms with E-state index in [0.29, 0.717) is 17.1 Å². The molecule has 0 spiro atoms. The summed E-state index contributed by atoms with van der Waals surface area (Å²) in [7, 11) is 0. The summed E-state index contributed by atoms with van der Waals surface area (Å²) in [5.74, 6) is 0.637. The Morgan fingerprint density at radius 3 is 2.90 bits per heavy atom. The summed E-state index contributed by atoms with van der Waals surface area (Å²) >= 11 is 0. The molecule has 0 bridgehead atoms. The summed E-state index contributed by atoms with van der Waals surface area (Å²) in [6, 6.07) is 6.28. The van der Waals surface area contributed by atoms with Crippen LogP contribution in [0.5, 0.6) is 11.5 Å². The third-order valence-corrected chi connectivity index (χ3v) is 3.03. The molecule has 1 aliphatic rings. The second kappa shape index (κ2) is 4.23. The molecule has 3 rings (SSSR count). The Hall–Kier alpha value is -2.56.